The van der Waals surface area contributed by atoms with E-state index in [-0.39, 0.29) is 67.1 Å². The molecule has 3 aromatic rings. The van der Waals surface area contributed by atoms with Crippen molar-refractivity contribution in [3.63, 3.8) is 0 Å². The van der Waals surface area contributed by atoms with E-state index in [1.54, 1.807) is 12.1 Å². The van der Waals surface area contributed by atoms with Crippen molar-refractivity contribution < 1.29 is 62.8 Å². The summed E-state index contributed by atoms with van der Waals surface area (Å²) in [4.78, 5) is 105. The van der Waals surface area contributed by atoms with Gasteiger partial charge >= 0.3 is 23.8 Å². The molecule has 2 amide bonds. The summed E-state index contributed by atoms with van der Waals surface area (Å²) in [5.41, 5.74) is 12.5. The maximum Gasteiger partial charge on any atom is 0.328 e. The van der Waals surface area contributed by atoms with Crippen molar-refractivity contribution in [1.82, 2.24) is 15.1 Å². The van der Waals surface area contributed by atoms with Gasteiger partial charge in [-0.05, 0) is 24.5 Å². The minimum atomic E-state index is -1.73. The van der Waals surface area contributed by atoms with E-state index >= 15 is 0 Å². The number of nitrogens with zero attached hydrogens (tertiary/aromatic N) is 2. The molecule has 0 bridgehead atoms. The van der Waals surface area contributed by atoms with Crippen LogP contribution in [0.3, 0.4) is 0 Å². The van der Waals surface area contributed by atoms with Gasteiger partial charge in [-0.1, -0.05) is 42.5 Å². The molecule has 1 aliphatic heterocycles. The SMILES string of the molecule is NC(N)=NCCC[C@H](CC(=O)CCC(=O)OC[N+]1(c2cc(=O)c3cccc(-c4ccccc4)c3o2)CCOCC1)C(=O)NCC(=O)C[C@@H](CC(=O)O)C(=O)NC(CO)C(=O)O. The quantitative estimate of drug-likeness (QED) is 0.0211. The van der Waals surface area contributed by atoms with E-state index in [1.165, 1.54) is 6.07 Å². The number of aliphatic carboxylic acids is 2. The highest BCUT2D eigenvalue weighted by Crippen LogP contribution is 2.33. The van der Waals surface area contributed by atoms with E-state index < -0.39 is 85.2 Å². The number of rotatable bonds is 24. The molecule has 0 radical (unpaired) electrons. The number of benzene rings is 2. The number of fused-ring (bicyclic) bond motifs is 1. The van der Waals surface area contributed by atoms with E-state index in [0.717, 1.165) is 11.1 Å². The fraction of sp³-hybridized carbons (Fsp3) is 0.439. The lowest BCUT2D eigenvalue weighted by molar-refractivity contribution is -0.151. The molecule has 0 saturated carbocycles. The second kappa shape index (κ2) is 22.7. The highest BCUT2D eigenvalue weighted by atomic mass is 16.6. The Labute approximate surface area is 349 Å². The first kappa shape index (κ1) is 47.2. The first-order valence-corrected chi connectivity index (χ1v) is 19.6. The maximum absolute atomic E-state index is 13.4. The first-order valence-electron chi connectivity index (χ1n) is 19.6. The molecule has 0 aliphatic carbocycles. The van der Waals surface area contributed by atoms with E-state index in [4.69, 9.17) is 30.5 Å². The van der Waals surface area contributed by atoms with Gasteiger partial charge in [0.15, 0.2) is 22.8 Å². The number of aliphatic hydroxyl groups is 1. The second-order valence-electron chi connectivity index (χ2n) is 14.6. The van der Waals surface area contributed by atoms with Crippen molar-refractivity contribution in [3.8, 4) is 11.1 Å². The number of ketones is 2. The molecule has 1 unspecified atom stereocenters. The molecule has 0 spiro atoms. The molecule has 2 aromatic carbocycles. The number of hydrogen-bond acceptors (Lipinski definition) is 13. The highest BCUT2D eigenvalue weighted by molar-refractivity contribution is 5.95. The van der Waals surface area contributed by atoms with Gasteiger partial charge in [-0.3, -0.25) is 38.6 Å². The third-order valence-electron chi connectivity index (χ3n) is 10.1. The minimum absolute atomic E-state index is 0.0298. The number of aliphatic hydroxyl groups excluding tert-OH is 1. The largest absolute Gasteiger partial charge is 0.481 e. The molecule has 3 atom stereocenters. The van der Waals surface area contributed by atoms with Crippen LogP contribution in [0.1, 0.15) is 44.9 Å². The van der Waals surface area contributed by atoms with Gasteiger partial charge in [0.25, 0.3) is 0 Å². The molecule has 61 heavy (non-hydrogen) atoms. The molecule has 4 rings (SSSR count). The van der Waals surface area contributed by atoms with Crippen LogP contribution in [-0.4, -0.2) is 121 Å². The monoisotopic (exact) mass is 851 g/mol. The number of carbonyl (C=O) groups excluding carboxylic acids is 5. The topological polar surface area (TPSA) is 317 Å². The summed E-state index contributed by atoms with van der Waals surface area (Å²) in [5.74, 6) is -9.18. The van der Waals surface area contributed by atoms with Crippen LogP contribution in [0, 0.1) is 11.8 Å². The van der Waals surface area contributed by atoms with Gasteiger partial charge in [0.2, 0.25) is 18.5 Å². The average Bonchev–Trinajstić information content (AvgIpc) is 3.24. The summed E-state index contributed by atoms with van der Waals surface area (Å²) in [6.07, 6.45) is -2.11. The lowest BCUT2D eigenvalue weighted by Crippen LogP contribution is -2.58. The first-order chi connectivity index (χ1) is 29.1. The minimum Gasteiger partial charge on any atom is -0.481 e. The molecule has 1 aliphatic rings. The Hall–Kier alpha value is -6.51. The fourth-order valence-corrected chi connectivity index (χ4v) is 6.73. The summed E-state index contributed by atoms with van der Waals surface area (Å²) in [7, 11) is 0. The summed E-state index contributed by atoms with van der Waals surface area (Å²) in [6.45, 7) is -0.457. The average molecular weight is 852 g/mol. The summed E-state index contributed by atoms with van der Waals surface area (Å²) < 4.78 is 17.7. The summed E-state index contributed by atoms with van der Waals surface area (Å²) >= 11 is 0. The van der Waals surface area contributed by atoms with Crippen molar-refractivity contribution in [2.45, 2.75) is 51.0 Å². The zero-order valence-corrected chi connectivity index (χ0v) is 33.4. The predicted molar refractivity (Wildman–Crippen MR) is 219 cm³/mol. The number of quaternary nitrogens is 1. The van der Waals surface area contributed by atoms with Crippen molar-refractivity contribution in [3.05, 3.63) is 64.8 Å². The fourth-order valence-electron chi connectivity index (χ4n) is 6.73. The molecule has 20 nitrogen and oxygen atoms in total. The van der Waals surface area contributed by atoms with Gasteiger partial charge < -0.3 is 51.3 Å². The predicted octanol–water partition coefficient (Wildman–Crippen LogP) is 0.435. The van der Waals surface area contributed by atoms with Gasteiger partial charge in [0.1, 0.15) is 24.9 Å². The molecule has 20 heteroatoms. The van der Waals surface area contributed by atoms with E-state index in [9.17, 15) is 48.6 Å². The molecule has 1 saturated heterocycles. The Kier molecular flexibility index (Phi) is 17.6. The van der Waals surface area contributed by atoms with Crippen LogP contribution in [0.15, 0.2) is 68.8 Å². The van der Waals surface area contributed by atoms with E-state index in [2.05, 4.69) is 10.3 Å². The van der Waals surface area contributed by atoms with Gasteiger partial charge in [0.05, 0.1) is 56.6 Å². The smallest absolute Gasteiger partial charge is 0.328 e. The normalized spacial score (nSPS) is 14.8. The van der Waals surface area contributed by atoms with Gasteiger partial charge in [-0.2, -0.15) is 0 Å². The molecule has 1 fully saturated rings. The Morgan fingerprint density at radius 1 is 0.869 bits per heavy atom. The standard InChI is InChI=1S/C41H50N6O14/c42-41(43)44-13-5-8-26(38(55)45-22-29(50)19-27(20-35(52)53)39(56)46-32(23-48)40(57)58)18-28(49)11-12-36(54)60-24-47(14-16-59-17-15-47)34-21-33(51)31-10-4-9-30(37(31)61-34)25-6-2-1-3-7-25/h1-4,6-7,9-10,21,26-27,32,48H,5,8,11-20,22-24H2,(H7-,42,43,44,45,46,52,53,55,56,57,58)/p+1/t26-,27+,32?/m1/s1. The number of amides is 2. The number of carboxylic acid groups (broad SMARTS) is 2. The number of morpholine rings is 1. The Morgan fingerprint density at radius 2 is 1.57 bits per heavy atom. The number of Topliss-reactive ketones (excluding diaryl/α,β-unsaturated/α-hetero) is 2. The zero-order valence-electron chi connectivity index (χ0n) is 33.4. The zero-order chi connectivity index (χ0) is 44.5. The molecule has 1 aromatic heterocycles. The van der Waals surface area contributed by atoms with E-state index in [0.29, 0.717) is 37.3 Å². The highest BCUT2D eigenvalue weighted by Gasteiger charge is 2.38. The number of aliphatic imine (C=N–C) groups is 1. The van der Waals surface area contributed by atoms with Crippen LogP contribution in [0.25, 0.3) is 22.1 Å². The second-order valence-corrected chi connectivity index (χ2v) is 14.6. The molecule has 328 valence electrons. The van der Waals surface area contributed by atoms with Crippen LogP contribution in [0.2, 0.25) is 0 Å². The van der Waals surface area contributed by atoms with Gasteiger partial charge in [-0.25, -0.2) is 9.28 Å². The third-order valence-corrected chi connectivity index (χ3v) is 10.1. The number of ether oxygens (including phenoxy) is 2. The molecular formula is C41H51N6O14+. The van der Waals surface area contributed by atoms with Crippen LogP contribution in [-0.2, 0) is 43.0 Å². The lowest BCUT2D eigenvalue weighted by atomic mass is 9.94. The van der Waals surface area contributed by atoms with Crippen molar-refractivity contribution in [2.75, 3.05) is 52.7 Å². The Balaban J connectivity index is 1.38. The van der Waals surface area contributed by atoms with Crippen LogP contribution in [0.4, 0.5) is 5.88 Å². The summed E-state index contributed by atoms with van der Waals surface area (Å²) in [6, 6.07) is 14.4. The number of carboxylic acids is 2. The number of nitrogens with two attached hydrogens (primary N) is 2. The number of hydrogen-bond donors (Lipinski definition) is 7. The third kappa shape index (κ3) is 14.0. The molecule has 9 N–H and O–H groups in total. The van der Waals surface area contributed by atoms with Crippen molar-refractivity contribution >= 4 is 64.1 Å². The number of para-hydroxylation sites is 1. The number of carbonyl (C=O) groups is 7. The van der Waals surface area contributed by atoms with Crippen LogP contribution >= 0.6 is 0 Å². The van der Waals surface area contributed by atoms with Gasteiger partial charge in [0, 0.05) is 37.3 Å². The van der Waals surface area contributed by atoms with Crippen molar-refractivity contribution in [1.29, 1.82) is 0 Å². The van der Waals surface area contributed by atoms with Gasteiger partial charge in [-0.15, -0.1) is 0 Å². The Morgan fingerprint density at radius 3 is 2.23 bits per heavy atom. The molecule has 2 heterocycles. The van der Waals surface area contributed by atoms with Crippen molar-refractivity contribution in [2.24, 2.45) is 28.3 Å². The van der Waals surface area contributed by atoms with E-state index in [1.807, 2.05) is 41.7 Å². The van der Waals surface area contributed by atoms with Crippen LogP contribution < -0.4 is 32.0 Å². The van der Waals surface area contributed by atoms with Crippen LogP contribution in [0.5, 0.6) is 0 Å². The Bertz CT molecular complexity index is 2150. The number of guanidine groups is 1. The number of esters is 1. The maximum atomic E-state index is 13.4. The number of nitrogens with one attached hydrogen (secondary N) is 2. The summed E-state index contributed by atoms with van der Waals surface area (Å²) in [5, 5.41) is 32.3. The molecular weight excluding hydrogens is 800 g/mol. The lowest BCUT2D eigenvalue weighted by Gasteiger charge is -2.37.